The molecule has 0 spiro atoms. The van der Waals surface area contributed by atoms with Gasteiger partial charge in [0.05, 0.1) is 23.4 Å². The number of nitrogens with zero attached hydrogens (tertiary/aromatic N) is 6. The number of alkyl halides is 4. The maximum atomic E-state index is 14.3. The zero-order valence-corrected chi connectivity index (χ0v) is 20.5. The van der Waals surface area contributed by atoms with Crippen molar-refractivity contribution < 1.29 is 32.1 Å². The van der Waals surface area contributed by atoms with Gasteiger partial charge in [-0.3, -0.25) is 4.68 Å². The van der Waals surface area contributed by atoms with Gasteiger partial charge in [0.1, 0.15) is 24.2 Å². The first-order valence-electron chi connectivity index (χ1n) is 12.0. The Morgan fingerprint density at radius 1 is 1.05 bits per heavy atom. The predicted molar refractivity (Wildman–Crippen MR) is 131 cm³/mol. The van der Waals surface area contributed by atoms with Gasteiger partial charge in [-0.25, -0.2) is 18.4 Å². The average Bonchev–Trinajstić information content (AvgIpc) is 3.56. The minimum atomic E-state index is -3.16. The highest BCUT2D eigenvalue weighted by molar-refractivity contribution is 5.97. The Bertz CT molecular complexity index is 1600. The molecule has 0 aliphatic carbocycles. The molecule has 0 saturated heterocycles. The second-order valence-electron chi connectivity index (χ2n) is 9.11. The van der Waals surface area contributed by atoms with Crippen LogP contribution in [0.4, 0.5) is 17.6 Å². The van der Waals surface area contributed by atoms with Gasteiger partial charge in [0.2, 0.25) is 11.8 Å². The van der Waals surface area contributed by atoms with Gasteiger partial charge in [-0.15, -0.1) is 5.10 Å². The lowest BCUT2D eigenvalue weighted by Gasteiger charge is -2.20. The first-order chi connectivity index (χ1) is 18.8. The number of aryl methyl sites for hydroxylation is 1. The highest BCUT2D eigenvalue weighted by Crippen LogP contribution is 2.49. The number of benzene rings is 1. The summed E-state index contributed by atoms with van der Waals surface area (Å²) in [6.45, 7) is -2.93. The molecular formula is C26H22F4N6O3. The van der Waals surface area contributed by atoms with Crippen molar-refractivity contribution in [1.82, 2.24) is 29.1 Å². The van der Waals surface area contributed by atoms with E-state index < -0.39 is 24.8 Å². The maximum Gasteiger partial charge on any atom is 0.388 e. The molecule has 3 aliphatic heterocycles. The van der Waals surface area contributed by atoms with Gasteiger partial charge in [-0.2, -0.15) is 13.9 Å². The van der Waals surface area contributed by atoms with Crippen molar-refractivity contribution in [2.75, 3.05) is 6.61 Å². The van der Waals surface area contributed by atoms with Gasteiger partial charge in [0, 0.05) is 37.1 Å². The zero-order valence-electron chi connectivity index (χ0n) is 20.5. The molecule has 0 amide bonds. The number of hydrogen-bond donors (Lipinski definition) is 1. The SMILES string of the molecule is Cn1cc(-c2c3cccn(Cc4ccccc4)c-3nc2-c2c(C(F)F)nn3c2OCC(O)C3)c(OC(F)F)n1. The highest BCUT2D eigenvalue weighted by Gasteiger charge is 2.36. The number of halogens is 4. The lowest BCUT2D eigenvalue weighted by atomic mass is 9.98. The number of aliphatic hydroxyl groups excluding tert-OH is 1. The van der Waals surface area contributed by atoms with E-state index >= 15 is 0 Å². The molecule has 1 N–H and O–H groups in total. The first-order valence-corrected chi connectivity index (χ1v) is 12.0. The minimum Gasteiger partial charge on any atom is -0.475 e. The summed E-state index contributed by atoms with van der Waals surface area (Å²) in [6, 6.07) is 13.1. The molecule has 39 heavy (non-hydrogen) atoms. The van der Waals surface area contributed by atoms with Gasteiger partial charge >= 0.3 is 6.61 Å². The van der Waals surface area contributed by atoms with Crippen molar-refractivity contribution in [2.45, 2.75) is 32.2 Å². The number of ether oxygens (including phenoxy) is 2. The molecule has 202 valence electrons. The summed E-state index contributed by atoms with van der Waals surface area (Å²) in [5.74, 6) is 0.0567. The molecule has 5 heterocycles. The molecule has 0 fully saturated rings. The Morgan fingerprint density at radius 3 is 2.59 bits per heavy atom. The third-order valence-electron chi connectivity index (χ3n) is 6.40. The van der Waals surface area contributed by atoms with Crippen LogP contribution in [0.2, 0.25) is 0 Å². The van der Waals surface area contributed by atoms with Crippen LogP contribution in [-0.2, 0) is 20.1 Å². The minimum absolute atomic E-state index is 0.00878. The maximum absolute atomic E-state index is 14.3. The summed E-state index contributed by atoms with van der Waals surface area (Å²) < 4.78 is 70.0. The molecule has 3 aliphatic rings. The van der Waals surface area contributed by atoms with Crippen molar-refractivity contribution in [3.8, 4) is 45.5 Å². The molecule has 9 nitrogen and oxygen atoms in total. The van der Waals surface area contributed by atoms with Crippen LogP contribution in [-0.4, -0.2) is 53.5 Å². The van der Waals surface area contributed by atoms with Crippen molar-refractivity contribution in [3.63, 3.8) is 0 Å². The van der Waals surface area contributed by atoms with Crippen molar-refractivity contribution in [3.05, 3.63) is 66.1 Å². The highest BCUT2D eigenvalue weighted by atomic mass is 19.3. The molecule has 1 atom stereocenters. The number of aliphatic hydroxyl groups is 1. The third-order valence-corrected chi connectivity index (χ3v) is 6.40. The molecule has 13 heteroatoms. The molecule has 0 bridgehead atoms. The summed E-state index contributed by atoms with van der Waals surface area (Å²) in [5.41, 5.74) is 1.26. The first kappa shape index (κ1) is 24.9. The Morgan fingerprint density at radius 2 is 1.85 bits per heavy atom. The van der Waals surface area contributed by atoms with Crippen LogP contribution in [0.1, 0.15) is 17.7 Å². The van der Waals surface area contributed by atoms with Crippen molar-refractivity contribution in [2.24, 2.45) is 7.05 Å². The number of pyridine rings is 1. The molecule has 0 saturated carbocycles. The number of rotatable bonds is 7. The molecule has 1 aromatic carbocycles. The zero-order chi connectivity index (χ0) is 27.3. The van der Waals surface area contributed by atoms with Crippen LogP contribution in [0.5, 0.6) is 11.8 Å². The Labute approximate surface area is 219 Å². The Balaban J connectivity index is 1.63. The van der Waals surface area contributed by atoms with E-state index in [1.54, 1.807) is 18.3 Å². The molecule has 6 rings (SSSR count). The predicted octanol–water partition coefficient (Wildman–Crippen LogP) is 4.59. The van der Waals surface area contributed by atoms with E-state index in [1.807, 2.05) is 34.9 Å². The van der Waals surface area contributed by atoms with Gasteiger partial charge in [-0.1, -0.05) is 30.3 Å². The Hall–Kier alpha value is -4.39. The summed E-state index contributed by atoms with van der Waals surface area (Å²) in [7, 11) is 1.53. The van der Waals surface area contributed by atoms with Crippen LogP contribution in [0.25, 0.3) is 33.8 Å². The van der Waals surface area contributed by atoms with Crippen LogP contribution >= 0.6 is 0 Å². The monoisotopic (exact) mass is 542 g/mol. The fourth-order valence-corrected chi connectivity index (χ4v) is 4.86. The van der Waals surface area contributed by atoms with E-state index in [0.29, 0.717) is 17.9 Å². The van der Waals surface area contributed by atoms with E-state index in [2.05, 4.69) is 10.2 Å². The largest absolute Gasteiger partial charge is 0.475 e. The van der Waals surface area contributed by atoms with Crippen molar-refractivity contribution in [1.29, 1.82) is 0 Å². The van der Waals surface area contributed by atoms with E-state index in [1.165, 1.54) is 22.6 Å². The van der Waals surface area contributed by atoms with E-state index in [-0.39, 0.29) is 47.3 Å². The number of hydrogen-bond acceptors (Lipinski definition) is 6. The Kier molecular flexibility index (Phi) is 6.22. The second kappa shape index (κ2) is 9.73. The van der Waals surface area contributed by atoms with Gasteiger partial charge in [0.15, 0.2) is 0 Å². The van der Waals surface area contributed by atoms with Crippen LogP contribution < -0.4 is 9.47 Å². The van der Waals surface area contributed by atoms with Gasteiger partial charge in [0.25, 0.3) is 6.43 Å². The molecule has 1 unspecified atom stereocenters. The van der Waals surface area contributed by atoms with E-state index in [0.717, 1.165) is 5.56 Å². The third kappa shape index (κ3) is 4.48. The topological polar surface area (TPSA) is 92.2 Å². The lowest BCUT2D eigenvalue weighted by molar-refractivity contribution is -0.0527. The van der Waals surface area contributed by atoms with Crippen molar-refractivity contribution >= 4 is 0 Å². The lowest BCUT2D eigenvalue weighted by Crippen LogP contribution is -2.30. The molecule has 3 aromatic rings. The normalized spacial score (nSPS) is 15.2. The quantitative estimate of drug-likeness (QED) is 0.303. The van der Waals surface area contributed by atoms with Gasteiger partial charge in [-0.05, 0) is 17.7 Å². The second-order valence-corrected chi connectivity index (χ2v) is 9.11. The number of fused-ring (bicyclic) bond motifs is 2. The molecular weight excluding hydrogens is 520 g/mol. The number of aromatic nitrogens is 6. The molecule has 2 aromatic heterocycles. The smallest absolute Gasteiger partial charge is 0.388 e. The van der Waals surface area contributed by atoms with Crippen LogP contribution in [0.3, 0.4) is 0 Å². The van der Waals surface area contributed by atoms with Crippen LogP contribution in [0.15, 0.2) is 54.9 Å². The fourth-order valence-electron chi connectivity index (χ4n) is 4.86. The summed E-state index contributed by atoms with van der Waals surface area (Å²) in [4.78, 5) is 4.78. The van der Waals surface area contributed by atoms with E-state index in [9.17, 15) is 22.7 Å². The summed E-state index contributed by atoms with van der Waals surface area (Å²) in [6.07, 6.45) is -0.674. The summed E-state index contributed by atoms with van der Waals surface area (Å²) in [5, 5.41) is 18.1. The van der Waals surface area contributed by atoms with Crippen LogP contribution in [0, 0.1) is 0 Å². The van der Waals surface area contributed by atoms with E-state index in [4.69, 9.17) is 14.5 Å². The standard InChI is InChI=1S/C26H22F4N6O3/c1-34-12-17(24(33-34)39-26(29)30)18-16-8-5-9-35(10-14-6-3-2-4-7-14)23(16)31-20(18)19-21(22(27)28)32-36-11-15(37)13-38-25(19)36/h2-9,12,15,22,26,37H,10-11,13H2,1H3. The average molecular weight is 542 g/mol. The molecule has 0 radical (unpaired) electrons. The summed E-state index contributed by atoms with van der Waals surface area (Å²) >= 11 is 0. The fraction of sp³-hybridized carbons (Fsp3) is 0.269. The van der Waals surface area contributed by atoms with Gasteiger partial charge < -0.3 is 19.1 Å².